The third kappa shape index (κ3) is 5.43. The van der Waals surface area contributed by atoms with E-state index in [1.807, 2.05) is 30.3 Å². The summed E-state index contributed by atoms with van der Waals surface area (Å²) >= 11 is 0. The van der Waals surface area contributed by atoms with Crippen LogP contribution in [0.15, 0.2) is 54.6 Å². The van der Waals surface area contributed by atoms with Crippen LogP contribution in [0.5, 0.6) is 0 Å². The number of nitrogens with one attached hydrogen (secondary N) is 2. The molecule has 0 saturated heterocycles. The lowest BCUT2D eigenvalue weighted by atomic mass is 10.2. The van der Waals surface area contributed by atoms with Crippen molar-refractivity contribution < 1.29 is 14.0 Å². The molecule has 1 heterocycles. The van der Waals surface area contributed by atoms with Crippen LogP contribution < -0.4 is 10.6 Å². The molecule has 1 aromatic heterocycles. The Hall–Kier alpha value is -3.62. The largest absolute Gasteiger partial charge is 0.334 e. The minimum absolute atomic E-state index is 0.00227. The topological polar surface area (TPSA) is 102 Å². The van der Waals surface area contributed by atoms with Gasteiger partial charge < -0.3 is 5.32 Å². The minimum atomic E-state index is -0.573. The first-order valence-electron chi connectivity index (χ1n) is 8.25. The van der Waals surface area contributed by atoms with E-state index in [4.69, 9.17) is 0 Å². The molecule has 0 bridgehead atoms. The SMILES string of the molecule is O=C(CCn1nnc(-c2cccc(F)c2)n1)NC(=O)NCc1ccccc1. The van der Waals surface area contributed by atoms with Crippen molar-refractivity contribution >= 4 is 11.9 Å². The average Bonchev–Trinajstić information content (AvgIpc) is 3.15. The van der Waals surface area contributed by atoms with Crippen LogP contribution in [0.3, 0.4) is 0 Å². The van der Waals surface area contributed by atoms with Gasteiger partial charge in [-0.05, 0) is 22.9 Å². The van der Waals surface area contributed by atoms with Gasteiger partial charge in [0.05, 0.1) is 6.54 Å². The zero-order chi connectivity index (χ0) is 19.1. The predicted octanol–water partition coefficient (Wildman–Crippen LogP) is 1.90. The molecule has 0 aliphatic rings. The molecule has 3 aromatic rings. The van der Waals surface area contributed by atoms with E-state index in [2.05, 4.69) is 26.0 Å². The van der Waals surface area contributed by atoms with Crippen LogP contribution in [0.1, 0.15) is 12.0 Å². The van der Waals surface area contributed by atoms with Gasteiger partial charge in [0.15, 0.2) is 0 Å². The Morgan fingerprint density at radius 2 is 1.89 bits per heavy atom. The average molecular weight is 368 g/mol. The second-order valence-electron chi connectivity index (χ2n) is 5.69. The van der Waals surface area contributed by atoms with Crippen LogP contribution >= 0.6 is 0 Å². The number of carbonyl (C=O) groups is 2. The number of amides is 3. The normalized spacial score (nSPS) is 10.4. The number of aromatic nitrogens is 4. The van der Waals surface area contributed by atoms with Crippen LogP contribution in [-0.4, -0.2) is 32.1 Å². The van der Waals surface area contributed by atoms with E-state index < -0.39 is 17.8 Å². The van der Waals surface area contributed by atoms with Crippen molar-refractivity contribution in [2.45, 2.75) is 19.5 Å². The summed E-state index contributed by atoms with van der Waals surface area (Å²) in [5, 5.41) is 16.6. The zero-order valence-electron chi connectivity index (χ0n) is 14.3. The molecule has 0 saturated carbocycles. The quantitative estimate of drug-likeness (QED) is 0.692. The third-order valence-electron chi connectivity index (χ3n) is 3.62. The summed E-state index contributed by atoms with van der Waals surface area (Å²) in [6.07, 6.45) is -0.00227. The first-order chi connectivity index (χ1) is 13.1. The van der Waals surface area contributed by atoms with Crippen molar-refractivity contribution in [1.82, 2.24) is 30.8 Å². The first kappa shape index (κ1) is 18.2. The Morgan fingerprint density at radius 1 is 1.07 bits per heavy atom. The highest BCUT2D eigenvalue weighted by molar-refractivity contribution is 5.94. The lowest BCUT2D eigenvalue weighted by molar-refractivity contribution is -0.120. The van der Waals surface area contributed by atoms with E-state index >= 15 is 0 Å². The smallest absolute Gasteiger partial charge is 0.321 e. The summed E-state index contributed by atoms with van der Waals surface area (Å²) in [5.41, 5.74) is 1.42. The molecule has 3 rings (SSSR count). The van der Waals surface area contributed by atoms with E-state index in [-0.39, 0.29) is 18.8 Å². The van der Waals surface area contributed by atoms with Gasteiger partial charge in [0.25, 0.3) is 0 Å². The number of urea groups is 1. The fraction of sp³-hybridized carbons (Fsp3) is 0.167. The van der Waals surface area contributed by atoms with Gasteiger partial charge >= 0.3 is 6.03 Å². The van der Waals surface area contributed by atoms with Gasteiger partial charge in [-0.1, -0.05) is 42.5 Å². The Morgan fingerprint density at radius 3 is 2.67 bits per heavy atom. The monoisotopic (exact) mass is 368 g/mol. The molecular formula is C18H17FN6O2. The summed E-state index contributed by atoms with van der Waals surface area (Å²) in [6.45, 7) is 0.460. The second kappa shape index (κ2) is 8.65. The molecule has 0 atom stereocenters. The van der Waals surface area contributed by atoms with Crippen LogP contribution in [-0.2, 0) is 17.9 Å². The van der Waals surface area contributed by atoms with E-state index in [0.717, 1.165) is 5.56 Å². The number of benzene rings is 2. The lowest BCUT2D eigenvalue weighted by Crippen LogP contribution is -2.39. The molecule has 0 aliphatic heterocycles. The number of tetrazole rings is 1. The number of imide groups is 1. The zero-order valence-corrected chi connectivity index (χ0v) is 14.3. The number of hydrogen-bond acceptors (Lipinski definition) is 5. The minimum Gasteiger partial charge on any atom is -0.334 e. The number of rotatable bonds is 6. The number of hydrogen-bond donors (Lipinski definition) is 2. The summed E-state index contributed by atoms with van der Waals surface area (Å²) in [5.74, 6) is -0.606. The highest BCUT2D eigenvalue weighted by Crippen LogP contribution is 2.14. The Labute approximate surface area is 154 Å². The highest BCUT2D eigenvalue weighted by Gasteiger charge is 2.10. The molecule has 0 radical (unpaired) electrons. The predicted molar refractivity (Wildman–Crippen MR) is 94.6 cm³/mol. The fourth-order valence-electron chi connectivity index (χ4n) is 2.29. The van der Waals surface area contributed by atoms with Gasteiger partial charge in [-0.2, -0.15) is 4.80 Å². The standard InChI is InChI=1S/C18H17FN6O2/c19-15-8-4-7-14(11-15)17-22-24-25(23-17)10-9-16(26)21-18(27)20-12-13-5-2-1-3-6-13/h1-8,11H,9-10,12H2,(H2,20,21,26,27). The molecule has 0 aliphatic carbocycles. The number of nitrogens with zero attached hydrogens (tertiary/aromatic N) is 4. The van der Waals surface area contributed by atoms with Crippen LogP contribution in [0, 0.1) is 5.82 Å². The molecule has 0 spiro atoms. The molecule has 0 unspecified atom stereocenters. The molecule has 2 N–H and O–H groups in total. The first-order valence-corrected chi connectivity index (χ1v) is 8.25. The Bertz CT molecular complexity index is 928. The molecule has 3 amide bonds. The Balaban J connectivity index is 1.44. The van der Waals surface area contributed by atoms with Crippen molar-refractivity contribution in [2.24, 2.45) is 0 Å². The number of carbonyl (C=O) groups excluding carboxylic acids is 2. The fourth-order valence-corrected chi connectivity index (χ4v) is 2.29. The summed E-state index contributed by atoms with van der Waals surface area (Å²) in [4.78, 5) is 24.8. The summed E-state index contributed by atoms with van der Waals surface area (Å²) in [6, 6.07) is 14.6. The molecule has 8 nitrogen and oxygen atoms in total. The van der Waals surface area contributed by atoms with E-state index in [0.29, 0.717) is 12.1 Å². The van der Waals surface area contributed by atoms with Crippen molar-refractivity contribution in [3.8, 4) is 11.4 Å². The van der Waals surface area contributed by atoms with Gasteiger partial charge in [0.1, 0.15) is 5.82 Å². The molecule has 27 heavy (non-hydrogen) atoms. The molecule has 9 heteroatoms. The summed E-state index contributed by atoms with van der Waals surface area (Å²) < 4.78 is 13.2. The maximum absolute atomic E-state index is 13.2. The third-order valence-corrected chi connectivity index (χ3v) is 3.62. The molecular weight excluding hydrogens is 351 g/mol. The maximum atomic E-state index is 13.2. The van der Waals surface area contributed by atoms with Gasteiger partial charge in [0, 0.05) is 18.5 Å². The van der Waals surface area contributed by atoms with Gasteiger partial charge in [-0.3, -0.25) is 10.1 Å². The van der Waals surface area contributed by atoms with E-state index in [1.165, 1.54) is 16.9 Å². The maximum Gasteiger partial charge on any atom is 0.321 e. The van der Waals surface area contributed by atoms with Gasteiger partial charge in [-0.25, -0.2) is 9.18 Å². The van der Waals surface area contributed by atoms with E-state index in [1.54, 1.807) is 12.1 Å². The van der Waals surface area contributed by atoms with E-state index in [9.17, 15) is 14.0 Å². The van der Waals surface area contributed by atoms with Crippen molar-refractivity contribution in [3.63, 3.8) is 0 Å². The van der Waals surface area contributed by atoms with Crippen LogP contribution in [0.4, 0.5) is 9.18 Å². The van der Waals surface area contributed by atoms with Crippen molar-refractivity contribution in [3.05, 3.63) is 66.0 Å². The number of aryl methyl sites for hydroxylation is 1. The molecule has 0 fully saturated rings. The Kier molecular flexibility index (Phi) is 5.83. The molecule has 2 aromatic carbocycles. The highest BCUT2D eigenvalue weighted by atomic mass is 19.1. The van der Waals surface area contributed by atoms with Crippen LogP contribution in [0.2, 0.25) is 0 Å². The van der Waals surface area contributed by atoms with Crippen molar-refractivity contribution in [2.75, 3.05) is 0 Å². The number of halogens is 1. The summed E-state index contributed by atoms with van der Waals surface area (Å²) in [7, 11) is 0. The van der Waals surface area contributed by atoms with Gasteiger partial charge in [-0.15, -0.1) is 10.2 Å². The molecule has 138 valence electrons. The van der Waals surface area contributed by atoms with Gasteiger partial charge in [0.2, 0.25) is 11.7 Å². The van der Waals surface area contributed by atoms with Crippen molar-refractivity contribution in [1.29, 1.82) is 0 Å². The second-order valence-corrected chi connectivity index (χ2v) is 5.69. The lowest BCUT2D eigenvalue weighted by Gasteiger charge is -2.06. The van der Waals surface area contributed by atoms with Crippen LogP contribution in [0.25, 0.3) is 11.4 Å².